The van der Waals surface area contributed by atoms with Crippen LogP contribution in [0.5, 0.6) is 0 Å². The molecule has 0 radical (unpaired) electrons. The first kappa shape index (κ1) is 81.0. The van der Waals surface area contributed by atoms with E-state index in [4.69, 9.17) is 24.3 Å². The van der Waals surface area contributed by atoms with Crippen LogP contribution in [-0.4, -0.2) is 49.3 Å². The maximum Gasteiger partial charge on any atom is 0.472 e. The Labute approximate surface area is 511 Å². The van der Waals surface area contributed by atoms with E-state index in [9.17, 15) is 19.0 Å². The summed E-state index contributed by atoms with van der Waals surface area (Å²) >= 11 is 0. The molecule has 10 heteroatoms. The molecule has 3 N–H and O–H groups in total. The Morgan fingerprint density at radius 1 is 0.317 bits per heavy atom. The summed E-state index contributed by atoms with van der Waals surface area (Å²) in [6.45, 7) is 3.85. The van der Waals surface area contributed by atoms with E-state index >= 15 is 0 Å². The topological polar surface area (TPSA) is 134 Å². The first-order valence-electron chi connectivity index (χ1n) is 37.0. The normalized spacial score (nSPS) is 12.8. The molecule has 490 valence electrons. The Bertz CT molecular complexity index is 1300. The summed E-state index contributed by atoms with van der Waals surface area (Å²) in [5, 5.41) is 0. The van der Waals surface area contributed by atoms with Crippen LogP contribution in [0.4, 0.5) is 0 Å². The van der Waals surface area contributed by atoms with Crippen molar-refractivity contribution in [1.82, 2.24) is 0 Å². The van der Waals surface area contributed by atoms with Crippen molar-refractivity contribution in [3.63, 3.8) is 0 Å². The first-order chi connectivity index (χ1) is 40.3. The van der Waals surface area contributed by atoms with Crippen LogP contribution in [0.3, 0.4) is 0 Å². The molecule has 0 saturated carbocycles. The van der Waals surface area contributed by atoms with Crippen molar-refractivity contribution in [2.75, 3.05) is 26.4 Å². The molecule has 0 aromatic carbocycles. The van der Waals surface area contributed by atoms with Crippen LogP contribution in [0.15, 0.2) is 0 Å². The largest absolute Gasteiger partial charge is 0.472 e. The second kappa shape index (κ2) is 69.1. The highest BCUT2D eigenvalue weighted by Crippen LogP contribution is 2.43. The average molecular weight is 1180 g/mol. The summed E-state index contributed by atoms with van der Waals surface area (Å²) in [5.41, 5.74) is 5.41. The number of phosphoric ester groups is 1. The number of carbonyl (C=O) groups excluding carboxylic acids is 2. The number of nitrogens with two attached hydrogens (primary N) is 1. The van der Waals surface area contributed by atoms with Crippen LogP contribution in [0.1, 0.15) is 418 Å². The first-order valence-corrected chi connectivity index (χ1v) is 38.5. The highest BCUT2D eigenvalue weighted by atomic mass is 31.2. The second-order valence-corrected chi connectivity index (χ2v) is 27.0. The van der Waals surface area contributed by atoms with Crippen molar-refractivity contribution in [2.45, 2.75) is 424 Å². The summed E-state index contributed by atoms with van der Waals surface area (Å²) in [4.78, 5) is 35.4. The van der Waals surface area contributed by atoms with E-state index in [0.717, 1.165) is 32.1 Å². The number of esters is 2. The highest BCUT2D eigenvalue weighted by molar-refractivity contribution is 7.47. The standard InChI is InChI=1S/C72H144NO8P/c1-3-5-7-9-11-13-15-17-19-21-23-25-27-29-31-33-34-35-37-39-41-43-45-47-49-51-53-55-57-59-61-63-65-72(75)81-70(69-80-82(76,77)79-67-66-73)68-78-71(74)64-62-60-58-56-54-52-50-48-46-44-42-40-38-36-32-30-28-26-24-22-20-18-16-14-12-10-8-6-4-2/h70H,3-69,73H2,1-2H3,(H,76,77). The molecule has 0 bridgehead atoms. The molecule has 9 nitrogen and oxygen atoms in total. The van der Waals surface area contributed by atoms with Gasteiger partial charge in [0.1, 0.15) is 6.61 Å². The summed E-state index contributed by atoms with van der Waals surface area (Å²) in [6.07, 6.45) is 82.3. The fourth-order valence-electron chi connectivity index (χ4n) is 11.8. The number of hydrogen-bond acceptors (Lipinski definition) is 8. The minimum absolute atomic E-state index is 0.0589. The van der Waals surface area contributed by atoms with Gasteiger partial charge in [0, 0.05) is 19.4 Å². The van der Waals surface area contributed by atoms with Gasteiger partial charge in [0.05, 0.1) is 13.2 Å². The smallest absolute Gasteiger partial charge is 0.462 e. The van der Waals surface area contributed by atoms with Crippen LogP contribution >= 0.6 is 7.82 Å². The number of carbonyl (C=O) groups is 2. The lowest BCUT2D eigenvalue weighted by Gasteiger charge is -2.19. The van der Waals surface area contributed by atoms with E-state index in [1.54, 1.807) is 0 Å². The SMILES string of the molecule is CCCCCCCCCCCCCCCCCCCCCCCCCCCCCCCCCCC(=O)OC(COC(=O)CCCCCCCCCCCCCCCCCCCCCCCCCCCCCCC)COP(=O)(O)OCCN. The summed E-state index contributed by atoms with van der Waals surface area (Å²) in [6, 6.07) is 0. The summed E-state index contributed by atoms with van der Waals surface area (Å²) < 4.78 is 33.2. The van der Waals surface area contributed by atoms with Gasteiger partial charge < -0.3 is 20.1 Å². The molecule has 2 unspecified atom stereocenters. The number of phosphoric acid groups is 1. The molecule has 0 aliphatic rings. The molecule has 82 heavy (non-hydrogen) atoms. The van der Waals surface area contributed by atoms with Crippen LogP contribution < -0.4 is 5.73 Å². The predicted octanol–water partition coefficient (Wildman–Crippen LogP) is 24.1. The van der Waals surface area contributed by atoms with Gasteiger partial charge in [0.25, 0.3) is 0 Å². The Morgan fingerprint density at radius 2 is 0.524 bits per heavy atom. The highest BCUT2D eigenvalue weighted by Gasteiger charge is 2.26. The molecule has 0 aromatic heterocycles. The van der Waals surface area contributed by atoms with Crippen molar-refractivity contribution in [3.8, 4) is 0 Å². The van der Waals surface area contributed by atoms with Crippen LogP contribution in [0, 0.1) is 0 Å². The van der Waals surface area contributed by atoms with Gasteiger partial charge in [-0.05, 0) is 12.8 Å². The minimum Gasteiger partial charge on any atom is -0.462 e. The van der Waals surface area contributed by atoms with Gasteiger partial charge in [-0.3, -0.25) is 18.6 Å². The summed E-state index contributed by atoms with van der Waals surface area (Å²) in [5.74, 6) is -0.796. The molecule has 0 amide bonds. The van der Waals surface area contributed by atoms with E-state index in [1.807, 2.05) is 0 Å². The van der Waals surface area contributed by atoms with Gasteiger partial charge in [-0.25, -0.2) is 4.57 Å². The van der Waals surface area contributed by atoms with E-state index in [1.165, 1.54) is 353 Å². The third-order valence-electron chi connectivity index (χ3n) is 17.2. The lowest BCUT2D eigenvalue weighted by atomic mass is 10.0. The Balaban J connectivity index is 3.77. The monoisotopic (exact) mass is 1180 g/mol. The molecule has 0 fully saturated rings. The third-order valence-corrected chi connectivity index (χ3v) is 18.2. The molecule has 0 aromatic rings. The number of unbranched alkanes of at least 4 members (excludes halogenated alkanes) is 59. The Kier molecular flexibility index (Phi) is 68.3. The predicted molar refractivity (Wildman–Crippen MR) is 354 cm³/mol. The molecule has 0 aliphatic heterocycles. The molecule has 2 atom stereocenters. The van der Waals surface area contributed by atoms with Crippen molar-refractivity contribution >= 4 is 19.8 Å². The van der Waals surface area contributed by atoms with Gasteiger partial charge in [-0.15, -0.1) is 0 Å². The number of rotatable bonds is 72. The number of hydrogen-bond donors (Lipinski definition) is 2. The lowest BCUT2D eigenvalue weighted by molar-refractivity contribution is -0.161. The minimum atomic E-state index is -4.39. The third kappa shape index (κ3) is 68.1. The van der Waals surface area contributed by atoms with Crippen molar-refractivity contribution < 1.29 is 37.6 Å². The molecular formula is C72H144NO8P. The fraction of sp³-hybridized carbons (Fsp3) is 0.972. The molecule has 0 saturated heterocycles. The maximum absolute atomic E-state index is 12.8. The Hall–Kier alpha value is -0.990. The summed E-state index contributed by atoms with van der Waals surface area (Å²) in [7, 11) is -4.39. The second-order valence-electron chi connectivity index (χ2n) is 25.5. The fourth-order valence-corrected chi connectivity index (χ4v) is 12.5. The zero-order valence-corrected chi connectivity index (χ0v) is 56.2. The van der Waals surface area contributed by atoms with Gasteiger partial charge in [0.15, 0.2) is 6.10 Å². The Morgan fingerprint density at radius 3 is 0.744 bits per heavy atom. The quantitative estimate of drug-likeness (QED) is 0.0347. The molecule has 0 spiro atoms. The van der Waals surface area contributed by atoms with E-state index < -0.39 is 26.5 Å². The molecule has 0 heterocycles. The van der Waals surface area contributed by atoms with Crippen LogP contribution in [0.2, 0.25) is 0 Å². The van der Waals surface area contributed by atoms with E-state index in [-0.39, 0.29) is 32.1 Å². The van der Waals surface area contributed by atoms with E-state index in [2.05, 4.69) is 13.8 Å². The van der Waals surface area contributed by atoms with Crippen molar-refractivity contribution in [2.24, 2.45) is 5.73 Å². The maximum atomic E-state index is 12.8. The van der Waals surface area contributed by atoms with Gasteiger partial charge in [-0.2, -0.15) is 0 Å². The van der Waals surface area contributed by atoms with Crippen molar-refractivity contribution in [1.29, 1.82) is 0 Å². The van der Waals surface area contributed by atoms with Gasteiger partial charge in [0.2, 0.25) is 0 Å². The lowest BCUT2D eigenvalue weighted by Crippen LogP contribution is -2.29. The molecule has 0 rings (SSSR count). The van der Waals surface area contributed by atoms with E-state index in [0.29, 0.717) is 12.8 Å². The van der Waals surface area contributed by atoms with Crippen LogP contribution in [0.25, 0.3) is 0 Å². The van der Waals surface area contributed by atoms with Gasteiger partial charge >= 0.3 is 19.8 Å². The molecular weight excluding hydrogens is 1040 g/mol. The zero-order chi connectivity index (χ0) is 59.4. The molecule has 0 aliphatic carbocycles. The van der Waals surface area contributed by atoms with Crippen molar-refractivity contribution in [3.05, 3.63) is 0 Å². The van der Waals surface area contributed by atoms with Crippen LogP contribution in [-0.2, 0) is 32.7 Å². The average Bonchev–Trinajstić information content (AvgIpc) is 3.49. The number of ether oxygens (including phenoxy) is 2. The zero-order valence-electron chi connectivity index (χ0n) is 55.3. The van der Waals surface area contributed by atoms with Gasteiger partial charge in [-0.1, -0.05) is 393 Å².